The van der Waals surface area contributed by atoms with Crippen LogP contribution >= 0.6 is 0 Å². The molecular formula is C22H22F6N6O2S. The lowest BCUT2D eigenvalue weighted by atomic mass is 10.0. The maximum atomic E-state index is 13.2. The lowest BCUT2D eigenvalue weighted by Crippen LogP contribution is -2.29. The zero-order valence-corrected chi connectivity index (χ0v) is 20.8. The highest BCUT2D eigenvalue weighted by molar-refractivity contribution is 7.93. The number of carbonyl (C=O) groups excluding carboxylic acids is 1. The molecule has 200 valence electrons. The lowest BCUT2D eigenvalue weighted by Gasteiger charge is -2.17. The largest absolute Gasteiger partial charge is 0.416 e. The van der Waals surface area contributed by atoms with Crippen molar-refractivity contribution in [1.82, 2.24) is 25.1 Å². The minimum absolute atomic E-state index is 0.0563. The smallest absolute Gasteiger partial charge is 0.342 e. The number of benzene rings is 1. The Kier molecular flexibility index (Phi) is 7.67. The first-order valence-corrected chi connectivity index (χ1v) is 12.8. The van der Waals surface area contributed by atoms with Crippen molar-refractivity contribution in [2.24, 2.45) is 4.36 Å². The number of alkyl halides is 6. The van der Waals surface area contributed by atoms with Gasteiger partial charge in [0, 0.05) is 27.3 Å². The zero-order valence-electron chi connectivity index (χ0n) is 20.0. The first kappa shape index (κ1) is 28.1. The summed E-state index contributed by atoms with van der Waals surface area (Å²) >= 11 is 0. The van der Waals surface area contributed by atoms with E-state index in [-0.39, 0.29) is 23.5 Å². The molecule has 0 spiro atoms. The second kappa shape index (κ2) is 10.1. The number of halogens is 6. The zero-order chi connectivity index (χ0) is 27.8. The molecule has 3 rings (SSSR count). The molecule has 0 aliphatic heterocycles. The Labute approximate surface area is 208 Å². The summed E-state index contributed by atoms with van der Waals surface area (Å²) in [5.74, 6) is -0.190. The third-order valence-corrected chi connectivity index (χ3v) is 6.77. The van der Waals surface area contributed by atoms with E-state index in [4.69, 9.17) is 0 Å². The van der Waals surface area contributed by atoms with Gasteiger partial charge < -0.3 is 5.32 Å². The van der Waals surface area contributed by atoms with Gasteiger partial charge in [0.2, 0.25) is 0 Å². The van der Waals surface area contributed by atoms with Crippen molar-refractivity contribution >= 4 is 21.3 Å². The molecule has 0 bridgehead atoms. The number of nitrogens with one attached hydrogen (secondary N) is 1. The van der Waals surface area contributed by atoms with Crippen molar-refractivity contribution in [3.05, 3.63) is 64.9 Å². The van der Waals surface area contributed by atoms with Crippen LogP contribution in [0.3, 0.4) is 0 Å². The molecular weight excluding hydrogens is 526 g/mol. The Balaban J connectivity index is 1.92. The third kappa shape index (κ3) is 6.84. The quantitative estimate of drug-likeness (QED) is 0.424. The normalized spacial score (nSPS) is 14.6. The van der Waals surface area contributed by atoms with Gasteiger partial charge in [-0.05, 0) is 44.2 Å². The summed E-state index contributed by atoms with van der Waals surface area (Å²) in [4.78, 5) is 21.1. The average molecular weight is 549 g/mol. The second-order valence-corrected chi connectivity index (χ2v) is 10.8. The van der Waals surface area contributed by atoms with Gasteiger partial charge >= 0.3 is 12.4 Å². The number of aromatic nitrogens is 4. The molecule has 37 heavy (non-hydrogen) atoms. The van der Waals surface area contributed by atoms with Gasteiger partial charge in [-0.15, -0.1) is 5.10 Å². The van der Waals surface area contributed by atoms with Gasteiger partial charge in [-0.3, -0.25) is 4.79 Å². The number of pyridine rings is 1. The molecule has 1 aromatic carbocycles. The van der Waals surface area contributed by atoms with Crippen LogP contribution in [0.2, 0.25) is 0 Å². The van der Waals surface area contributed by atoms with Gasteiger partial charge in [0.15, 0.2) is 11.6 Å². The van der Waals surface area contributed by atoms with Crippen molar-refractivity contribution in [3.63, 3.8) is 0 Å². The molecule has 0 saturated heterocycles. The monoisotopic (exact) mass is 548 g/mol. The minimum atomic E-state index is -5.09. The van der Waals surface area contributed by atoms with Crippen LogP contribution in [0.5, 0.6) is 0 Å². The predicted molar refractivity (Wildman–Crippen MR) is 123 cm³/mol. The highest BCUT2D eigenvalue weighted by Gasteiger charge is 2.37. The van der Waals surface area contributed by atoms with Gasteiger partial charge in [0.25, 0.3) is 5.91 Å². The van der Waals surface area contributed by atoms with E-state index < -0.39 is 50.7 Å². The van der Waals surface area contributed by atoms with E-state index in [0.717, 1.165) is 0 Å². The fraction of sp³-hybridized carbons (Fsp3) is 0.364. The highest BCUT2D eigenvalue weighted by atomic mass is 32.2. The maximum Gasteiger partial charge on any atom is 0.416 e. The predicted octanol–water partition coefficient (Wildman–Crippen LogP) is 5.25. The van der Waals surface area contributed by atoms with Crippen molar-refractivity contribution in [2.75, 3.05) is 12.0 Å². The third-order valence-electron chi connectivity index (χ3n) is 5.11. The van der Waals surface area contributed by atoms with Crippen LogP contribution in [0.25, 0.3) is 5.82 Å². The van der Waals surface area contributed by atoms with E-state index >= 15 is 0 Å². The molecule has 2 atom stereocenters. The van der Waals surface area contributed by atoms with E-state index in [1.807, 2.05) is 0 Å². The van der Waals surface area contributed by atoms with E-state index in [9.17, 15) is 35.3 Å². The minimum Gasteiger partial charge on any atom is -0.342 e. The molecule has 1 N–H and O–H groups in total. The van der Waals surface area contributed by atoms with Gasteiger partial charge in [-0.1, -0.05) is 6.92 Å². The van der Waals surface area contributed by atoms with Crippen LogP contribution in [0.15, 0.2) is 40.9 Å². The second-order valence-electron chi connectivity index (χ2n) is 8.13. The Bertz CT molecular complexity index is 1390. The van der Waals surface area contributed by atoms with Gasteiger partial charge in [-0.2, -0.15) is 35.4 Å². The van der Waals surface area contributed by atoms with Crippen LogP contribution in [0.4, 0.5) is 32.0 Å². The summed E-state index contributed by atoms with van der Waals surface area (Å²) in [5.41, 5.74) is -3.66. The molecule has 0 saturated carbocycles. The van der Waals surface area contributed by atoms with Crippen LogP contribution in [-0.4, -0.2) is 41.9 Å². The maximum absolute atomic E-state index is 13.2. The van der Waals surface area contributed by atoms with E-state index in [2.05, 4.69) is 24.7 Å². The molecule has 2 aromatic heterocycles. The number of rotatable bonds is 6. The van der Waals surface area contributed by atoms with E-state index in [1.54, 1.807) is 19.9 Å². The summed E-state index contributed by atoms with van der Waals surface area (Å²) in [7, 11) is -2.42. The fourth-order valence-electron chi connectivity index (χ4n) is 3.16. The van der Waals surface area contributed by atoms with Gasteiger partial charge in [-0.25, -0.2) is 14.2 Å². The first-order chi connectivity index (χ1) is 17.0. The van der Waals surface area contributed by atoms with E-state index in [1.165, 1.54) is 30.1 Å². The molecule has 0 radical (unpaired) electrons. The number of nitrogens with zero attached hydrogens (tertiary/aromatic N) is 5. The molecule has 2 heterocycles. The lowest BCUT2D eigenvalue weighted by molar-refractivity contribution is -0.143. The summed E-state index contributed by atoms with van der Waals surface area (Å²) in [6.45, 7) is 4.72. The number of carbonyl (C=O) groups is 1. The summed E-state index contributed by atoms with van der Waals surface area (Å²) in [6, 6.07) is 2.71. The fourth-order valence-corrected chi connectivity index (χ4v) is 3.84. The number of aryl methyl sites for hydroxylation is 1. The standard InChI is InChI=1S/C22H22F6N6O2S/c1-5-37(4,36)33-17-6-7-18(29-11-17)34-19(31-13(3)32-34)12(2)30-20(35)14-8-15(21(23,24)25)10-16(9-14)22(26,27)28/h6-12H,5H2,1-4H3,(H,30,35)/t12-,37?/m0/s1. The molecule has 0 fully saturated rings. The number of hydrogen-bond acceptors (Lipinski definition) is 6. The summed E-state index contributed by atoms with van der Waals surface area (Å²) in [5, 5.41) is 6.56. The molecule has 0 aliphatic carbocycles. The first-order valence-electron chi connectivity index (χ1n) is 10.7. The van der Waals surface area contributed by atoms with E-state index in [0.29, 0.717) is 23.6 Å². The van der Waals surface area contributed by atoms with Crippen LogP contribution in [-0.2, 0) is 22.1 Å². The van der Waals surface area contributed by atoms with Gasteiger partial charge in [0.05, 0.1) is 29.1 Å². The Morgan fingerprint density at radius 1 is 1.11 bits per heavy atom. The van der Waals surface area contributed by atoms with Crippen molar-refractivity contribution in [1.29, 1.82) is 0 Å². The number of hydrogen-bond donors (Lipinski definition) is 1. The Morgan fingerprint density at radius 3 is 2.19 bits per heavy atom. The average Bonchev–Trinajstić information content (AvgIpc) is 3.19. The molecule has 3 aromatic rings. The Morgan fingerprint density at radius 2 is 1.70 bits per heavy atom. The molecule has 1 amide bonds. The molecule has 1 unspecified atom stereocenters. The number of amides is 1. The summed E-state index contributed by atoms with van der Waals surface area (Å²) in [6.07, 6.45) is -7.32. The van der Waals surface area contributed by atoms with Crippen LogP contribution in [0.1, 0.15) is 53.0 Å². The molecule has 8 nitrogen and oxygen atoms in total. The van der Waals surface area contributed by atoms with Crippen molar-refractivity contribution in [2.45, 2.75) is 39.2 Å². The van der Waals surface area contributed by atoms with Crippen molar-refractivity contribution in [3.8, 4) is 5.82 Å². The highest BCUT2D eigenvalue weighted by Crippen LogP contribution is 2.36. The molecule has 15 heteroatoms. The van der Waals surface area contributed by atoms with Crippen molar-refractivity contribution < 1.29 is 35.3 Å². The van der Waals surface area contributed by atoms with Crippen LogP contribution in [0, 0.1) is 6.92 Å². The van der Waals surface area contributed by atoms with Crippen LogP contribution < -0.4 is 5.32 Å². The SMILES string of the molecule is CCS(C)(=O)=Nc1ccc(-n2nc(C)nc2[C@H](C)NC(=O)c2cc(C(F)(F)F)cc(C(F)(F)F)c2)nc1. The molecule has 0 aliphatic rings. The van der Waals surface area contributed by atoms with Gasteiger partial charge in [0.1, 0.15) is 5.82 Å². The topological polar surface area (TPSA) is 102 Å². The summed E-state index contributed by atoms with van der Waals surface area (Å²) < 4.78 is 96.6. The Hall–Kier alpha value is -3.49.